The summed E-state index contributed by atoms with van der Waals surface area (Å²) < 4.78 is 35.1. The Morgan fingerprint density at radius 2 is 1.75 bits per heavy atom. The summed E-state index contributed by atoms with van der Waals surface area (Å²) in [5, 5.41) is 13.6. The molecule has 0 spiro atoms. The summed E-state index contributed by atoms with van der Waals surface area (Å²) in [4.78, 5) is 22.2. The van der Waals surface area contributed by atoms with Gasteiger partial charge in [0.05, 0.1) is 12.0 Å². The quantitative estimate of drug-likeness (QED) is 0.297. The van der Waals surface area contributed by atoms with E-state index in [1.165, 1.54) is 42.5 Å². The number of carbonyl (C=O) groups is 1. The van der Waals surface area contributed by atoms with Crippen molar-refractivity contribution in [1.29, 1.82) is 0 Å². The van der Waals surface area contributed by atoms with E-state index in [9.17, 15) is 23.3 Å². The fourth-order valence-corrected chi connectivity index (χ4v) is 3.88. The predicted molar refractivity (Wildman–Crippen MR) is 116 cm³/mol. The highest BCUT2D eigenvalue weighted by Gasteiger charge is 2.20. The van der Waals surface area contributed by atoms with Crippen LogP contribution in [0.25, 0.3) is 0 Å². The number of amides is 1. The van der Waals surface area contributed by atoms with Gasteiger partial charge in [0, 0.05) is 24.2 Å². The van der Waals surface area contributed by atoms with E-state index in [1.54, 1.807) is 7.11 Å². The highest BCUT2D eigenvalue weighted by Crippen LogP contribution is 2.22. The molecule has 0 aliphatic carbocycles. The molecule has 0 atom stereocenters. The Morgan fingerprint density at radius 3 is 2.44 bits per heavy atom. The molecule has 0 saturated carbocycles. The van der Waals surface area contributed by atoms with Crippen molar-refractivity contribution in [2.45, 2.75) is 11.3 Å². The van der Waals surface area contributed by atoms with E-state index < -0.39 is 15.0 Å². The predicted octanol–water partition coefficient (Wildman–Crippen LogP) is 3.34. The number of benzene rings is 3. The van der Waals surface area contributed by atoms with Crippen LogP contribution in [0.3, 0.4) is 0 Å². The average Bonchev–Trinajstić information content (AvgIpc) is 2.79. The Hall–Kier alpha value is -3.92. The van der Waals surface area contributed by atoms with E-state index in [2.05, 4.69) is 5.32 Å². The largest absolute Gasteiger partial charge is 0.496 e. The zero-order valence-electron chi connectivity index (χ0n) is 17.1. The topological polar surface area (TPSA) is 125 Å². The molecule has 0 radical (unpaired) electrons. The fourth-order valence-electron chi connectivity index (χ4n) is 2.91. The summed E-state index contributed by atoms with van der Waals surface area (Å²) in [6, 6.07) is 17.6. The zero-order chi connectivity index (χ0) is 23.1. The third-order valence-electron chi connectivity index (χ3n) is 4.51. The van der Waals surface area contributed by atoms with Crippen molar-refractivity contribution in [3.8, 4) is 11.5 Å². The van der Waals surface area contributed by atoms with Crippen LogP contribution >= 0.6 is 0 Å². The van der Waals surface area contributed by atoms with E-state index in [0.717, 1.165) is 17.4 Å². The van der Waals surface area contributed by atoms with Crippen molar-refractivity contribution >= 4 is 21.7 Å². The van der Waals surface area contributed by atoms with Crippen molar-refractivity contribution in [2.75, 3.05) is 13.7 Å². The Bertz CT molecular complexity index is 1230. The van der Waals surface area contributed by atoms with Gasteiger partial charge < -0.3 is 14.2 Å². The minimum Gasteiger partial charge on any atom is -0.496 e. The summed E-state index contributed by atoms with van der Waals surface area (Å²) in [7, 11) is -2.69. The molecule has 0 fully saturated rings. The van der Waals surface area contributed by atoms with Crippen LogP contribution in [0.15, 0.2) is 77.7 Å². The number of nitro groups is 1. The van der Waals surface area contributed by atoms with Crippen LogP contribution in [0.2, 0.25) is 0 Å². The lowest BCUT2D eigenvalue weighted by molar-refractivity contribution is -0.385. The van der Waals surface area contributed by atoms with Crippen molar-refractivity contribution < 1.29 is 27.1 Å². The van der Waals surface area contributed by atoms with Gasteiger partial charge in [-0.25, -0.2) is 0 Å². The number of methoxy groups -OCH3 is 1. The maximum absolute atomic E-state index is 12.4. The molecule has 0 bridgehead atoms. The van der Waals surface area contributed by atoms with Gasteiger partial charge in [0.2, 0.25) is 0 Å². The number of nitrogens with one attached hydrogen (secondary N) is 1. The molecule has 10 heteroatoms. The summed E-state index contributed by atoms with van der Waals surface area (Å²) in [5.41, 5.74) is 0.922. The number of ether oxygens (including phenoxy) is 1. The molecular formula is C22H20N2O7S. The molecule has 0 unspecified atom stereocenters. The van der Waals surface area contributed by atoms with Crippen LogP contribution in [0, 0.1) is 10.1 Å². The monoisotopic (exact) mass is 456 g/mol. The first-order chi connectivity index (χ1) is 15.3. The van der Waals surface area contributed by atoms with E-state index in [4.69, 9.17) is 8.92 Å². The number of hydrogen-bond donors (Lipinski definition) is 1. The molecule has 0 aliphatic heterocycles. The smallest absolute Gasteiger partial charge is 0.339 e. The number of hydrogen-bond acceptors (Lipinski definition) is 7. The van der Waals surface area contributed by atoms with Crippen LogP contribution in [0.1, 0.15) is 15.9 Å². The molecule has 0 aromatic heterocycles. The second-order valence-corrected chi connectivity index (χ2v) is 8.18. The molecule has 32 heavy (non-hydrogen) atoms. The van der Waals surface area contributed by atoms with Crippen molar-refractivity contribution in [2.24, 2.45) is 0 Å². The van der Waals surface area contributed by atoms with E-state index in [1.807, 2.05) is 24.3 Å². The Balaban J connectivity index is 1.61. The lowest BCUT2D eigenvalue weighted by Crippen LogP contribution is -2.25. The van der Waals surface area contributed by atoms with Gasteiger partial charge in [-0.15, -0.1) is 0 Å². The molecule has 0 saturated heterocycles. The van der Waals surface area contributed by atoms with Gasteiger partial charge in [0.15, 0.2) is 0 Å². The van der Waals surface area contributed by atoms with E-state index in [0.29, 0.717) is 18.5 Å². The number of nitro benzene ring substituents is 1. The number of non-ortho nitro benzene ring substituents is 1. The molecule has 1 N–H and O–H groups in total. The van der Waals surface area contributed by atoms with Crippen LogP contribution in [-0.4, -0.2) is 32.9 Å². The fraction of sp³-hybridized carbons (Fsp3) is 0.136. The second kappa shape index (κ2) is 9.92. The van der Waals surface area contributed by atoms with Gasteiger partial charge >= 0.3 is 10.1 Å². The molecule has 1 amide bonds. The lowest BCUT2D eigenvalue weighted by Gasteiger charge is -2.10. The summed E-state index contributed by atoms with van der Waals surface area (Å²) in [6.07, 6.45) is 0.582. The maximum atomic E-state index is 12.4. The first-order valence-corrected chi connectivity index (χ1v) is 10.9. The summed E-state index contributed by atoms with van der Waals surface area (Å²) in [5.74, 6) is 0.392. The molecular weight excluding hydrogens is 436 g/mol. The van der Waals surface area contributed by atoms with Gasteiger partial charge in [-0.1, -0.05) is 24.3 Å². The Labute approximate surface area is 184 Å². The highest BCUT2D eigenvalue weighted by atomic mass is 32.2. The SMILES string of the molecule is COc1ccccc1CCNC(=O)c1ccc(OS(=O)(=O)c2cccc([N+](=O)[O-])c2)cc1. The van der Waals surface area contributed by atoms with Crippen LogP contribution in [0.4, 0.5) is 5.69 Å². The number of nitrogens with zero attached hydrogens (tertiary/aromatic N) is 1. The Kier molecular flexibility index (Phi) is 7.06. The van der Waals surface area contributed by atoms with Crippen molar-refractivity contribution in [3.63, 3.8) is 0 Å². The summed E-state index contributed by atoms with van der Waals surface area (Å²) >= 11 is 0. The van der Waals surface area contributed by atoms with Crippen LogP contribution in [0.5, 0.6) is 11.5 Å². The second-order valence-electron chi connectivity index (χ2n) is 6.63. The maximum Gasteiger partial charge on any atom is 0.339 e. The molecule has 0 aliphatic rings. The Morgan fingerprint density at radius 1 is 1.03 bits per heavy atom. The number of rotatable bonds is 9. The third-order valence-corrected chi connectivity index (χ3v) is 5.76. The third kappa shape index (κ3) is 5.61. The molecule has 9 nitrogen and oxygen atoms in total. The summed E-state index contributed by atoms with van der Waals surface area (Å²) in [6.45, 7) is 0.388. The molecule has 3 aromatic rings. The van der Waals surface area contributed by atoms with Gasteiger partial charge in [0.1, 0.15) is 16.4 Å². The molecule has 0 heterocycles. The van der Waals surface area contributed by atoms with Crippen LogP contribution < -0.4 is 14.2 Å². The first kappa shape index (κ1) is 22.8. The minimum absolute atomic E-state index is 0.0259. The van der Waals surface area contributed by atoms with Gasteiger partial charge in [-0.05, 0) is 48.4 Å². The number of para-hydroxylation sites is 1. The van der Waals surface area contributed by atoms with E-state index in [-0.39, 0.29) is 22.2 Å². The van der Waals surface area contributed by atoms with Gasteiger partial charge in [0.25, 0.3) is 11.6 Å². The van der Waals surface area contributed by atoms with Crippen molar-refractivity contribution in [3.05, 3.63) is 94.0 Å². The van der Waals surface area contributed by atoms with Gasteiger partial charge in [-0.3, -0.25) is 14.9 Å². The lowest BCUT2D eigenvalue weighted by atomic mass is 10.1. The standard InChI is InChI=1S/C22H20N2O7S/c1-30-21-8-3-2-5-16(21)13-14-23-22(25)17-9-11-19(12-10-17)31-32(28,29)20-7-4-6-18(15-20)24(26)27/h2-12,15H,13-14H2,1H3,(H,23,25). The highest BCUT2D eigenvalue weighted by molar-refractivity contribution is 7.87. The van der Waals surface area contributed by atoms with Crippen molar-refractivity contribution in [1.82, 2.24) is 5.32 Å². The minimum atomic E-state index is -4.27. The van der Waals surface area contributed by atoms with Crippen LogP contribution in [-0.2, 0) is 16.5 Å². The normalized spacial score (nSPS) is 10.9. The molecule has 3 aromatic carbocycles. The number of carbonyl (C=O) groups excluding carboxylic acids is 1. The average molecular weight is 456 g/mol. The first-order valence-electron chi connectivity index (χ1n) is 9.49. The van der Waals surface area contributed by atoms with E-state index >= 15 is 0 Å². The molecule has 3 rings (SSSR count). The zero-order valence-corrected chi connectivity index (χ0v) is 17.9. The molecule has 166 valence electrons. The van der Waals surface area contributed by atoms with Gasteiger partial charge in [-0.2, -0.15) is 8.42 Å².